The zero-order valence-corrected chi connectivity index (χ0v) is 10.4. The van der Waals surface area contributed by atoms with Gasteiger partial charge in [-0.15, -0.1) is 0 Å². The number of hydrogen-bond acceptors (Lipinski definition) is 3. The van der Waals surface area contributed by atoms with E-state index in [1.54, 1.807) is 4.68 Å². The first-order chi connectivity index (χ1) is 8.19. The molecule has 0 aliphatic rings. The molecule has 1 aromatic heterocycles. The lowest BCUT2D eigenvalue weighted by atomic mass is 10.0. The van der Waals surface area contributed by atoms with Gasteiger partial charge in [-0.1, -0.05) is 23.7 Å². The number of hydrogen-bond donors (Lipinski definition) is 2. The van der Waals surface area contributed by atoms with Gasteiger partial charge in [0.25, 0.3) is 0 Å². The third-order valence-electron chi connectivity index (χ3n) is 2.65. The van der Waals surface area contributed by atoms with Crippen LogP contribution in [0.1, 0.15) is 17.2 Å². The lowest BCUT2D eigenvalue weighted by Gasteiger charge is -2.15. The summed E-state index contributed by atoms with van der Waals surface area (Å²) in [4.78, 5) is 0. The molecule has 1 heterocycles. The molecule has 2 rings (SSSR count). The lowest BCUT2D eigenvalue weighted by Crippen LogP contribution is -2.29. The number of aromatic nitrogens is 2. The molecule has 0 fully saturated rings. The SMILES string of the molecule is Cn1cc(CC(NN)c2cccc(Cl)c2)cn1. The Labute approximate surface area is 105 Å². The molecule has 0 spiro atoms. The molecule has 0 radical (unpaired) electrons. The van der Waals surface area contributed by atoms with Gasteiger partial charge in [0, 0.05) is 18.3 Å². The fraction of sp³-hybridized carbons (Fsp3) is 0.250. The third kappa shape index (κ3) is 3.06. The number of aryl methyl sites for hydroxylation is 1. The molecule has 0 bridgehead atoms. The van der Waals surface area contributed by atoms with Crippen LogP contribution in [-0.2, 0) is 13.5 Å². The fourth-order valence-electron chi connectivity index (χ4n) is 1.81. The van der Waals surface area contributed by atoms with Crippen molar-refractivity contribution in [3.8, 4) is 0 Å². The van der Waals surface area contributed by atoms with E-state index in [4.69, 9.17) is 17.4 Å². The van der Waals surface area contributed by atoms with Crippen molar-refractivity contribution in [2.45, 2.75) is 12.5 Å². The van der Waals surface area contributed by atoms with Crippen molar-refractivity contribution < 1.29 is 0 Å². The molecule has 3 N–H and O–H groups in total. The Hall–Kier alpha value is -1.36. The summed E-state index contributed by atoms with van der Waals surface area (Å²) in [6, 6.07) is 7.74. The molecule has 1 unspecified atom stereocenters. The Balaban J connectivity index is 2.16. The number of hydrazine groups is 1. The predicted octanol–water partition coefficient (Wildman–Crippen LogP) is 1.82. The first-order valence-corrected chi connectivity index (χ1v) is 5.76. The molecule has 1 aromatic carbocycles. The van der Waals surface area contributed by atoms with Crippen LogP contribution >= 0.6 is 11.6 Å². The molecular formula is C12H15ClN4. The molecular weight excluding hydrogens is 236 g/mol. The summed E-state index contributed by atoms with van der Waals surface area (Å²) in [7, 11) is 1.90. The lowest BCUT2D eigenvalue weighted by molar-refractivity contribution is 0.552. The van der Waals surface area contributed by atoms with Crippen molar-refractivity contribution in [2.24, 2.45) is 12.9 Å². The van der Waals surface area contributed by atoms with Crippen LogP contribution in [0.2, 0.25) is 5.02 Å². The molecule has 0 saturated carbocycles. The quantitative estimate of drug-likeness (QED) is 0.643. The first-order valence-electron chi connectivity index (χ1n) is 5.38. The summed E-state index contributed by atoms with van der Waals surface area (Å²) in [6.45, 7) is 0. The summed E-state index contributed by atoms with van der Waals surface area (Å²) in [5.74, 6) is 5.59. The van der Waals surface area contributed by atoms with Crippen molar-refractivity contribution in [1.82, 2.24) is 15.2 Å². The van der Waals surface area contributed by atoms with Gasteiger partial charge >= 0.3 is 0 Å². The Kier molecular flexibility index (Phi) is 3.78. The van der Waals surface area contributed by atoms with Gasteiger partial charge in [-0.05, 0) is 29.7 Å². The number of nitrogens with two attached hydrogens (primary N) is 1. The van der Waals surface area contributed by atoms with Crippen LogP contribution < -0.4 is 11.3 Å². The van der Waals surface area contributed by atoms with Crippen LogP contribution in [-0.4, -0.2) is 9.78 Å². The number of nitrogens with one attached hydrogen (secondary N) is 1. The van der Waals surface area contributed by atoms with Crippen molar-refractivity contribution in [3.63, 3.8) is 0 Å². The second-order valence-corrected chi connectivity index (χ2v) is 4.44. The average molecular weight is 251 g/mol. The zero-order valence-electron chi connectivity index (χ0n) is 9.60. The molecule has 4 nitrogen and oxygen atoms in total. The van der Waals surface area contributed by atoms with Gasteiger partial charge in [0.05, 0.1) is 12.2 Å². The minimum absolute atomic E-state index is 0.0397. The Morgan fingerprint density at radius 1 is 1.53 bits per heavy atom. The highest BCUT2D eigenvalue weighted by Crippen LogP contribution is 2.20. The van der Waals surface area contributed by atoms with Crippen LogP contribution in [0.5, 0.6) is 0 Å². The zero-order chi connectivity index (χ0) is 12.3. The topological polar surface area (TPSA) is 55.9 Å². The molecule has 2 aromatic rings. The normalized spacial score (nSPS) is 12.6. The van der Waals surface area contributed by atoms with Crippen LogP contribution in [0.4, 0.5) is 0 Å². The highest BCUT2D eigenvalue weighted by molar-refractivity contribution is 6.30. The van der Waals surface area contributed by atoms with E-state index in [-0.39, 0.29) is 6.04 Å². The Bertz CT molecular complexity index is 495. The Morgan fingerprint density at radius 3 is 2.94 bits per heavy atom. The van der Waals surface area contributed by atoms with Crippen LogP contribution in [0.25, 0.3) is 0 Å². The van der Waals surface area contributed by atoms with E-state index >= 15 is 0 Å². The van der Waals surface area contributed by atoms with E-state index in [2.05, 4.69) is 10.5 Å². The number of rotatable bonds is 4. The molecule has 0 aliphatic carbocycles. The second-order valence-electron chi connectivity index (χ2n) is 4.00. The molecule has 5 heteroatoms. The summed E-state index contributed by atoms with van der Waals surface area (Å²) >= 11 is 5.97. The maximum absolute atomic E-state index is 5.97. The molecule has 1 atom stereocenters. The molecule has 90 valence electrons. The Morgan fingerprint density at radius 2 is 2.35 bits per heavy atom. The second kappa shape index (κ2) is 5.31. The van der Waals surface area contributed by atoms with Crippen LogP contribution in [0.15, 0.2) is 36.7 Å². The van der Waals surface area contributed by atoms with Gasteiger partial charge in [0.1, 0.15) is 0 Å². The molecule has 0 saturated heterocycles. The average Bonchev–Trinajstić information content (AvgIpc) is 2.72. The van der Waals surface area contributed by atoms with Gasteiger partial charge in [-0.25, -0.2) is 0 Å². The highest BCUT2D eigenvalue weighted by atomic mass is 35.5. The van der Waals surface area contributed by atoms with E-state index in [9.17, 15) is 0 Å². The predicted molar refractivity (Wildman–Crippen MR) is 68.4 cm³/mol. The molecule has 0 amide bonds. The molecule has 0 aliphatic heterocycles. The minimum Gasteiger partial charge on any atom is -0.276 e. The van der Waals surface area contributed by atoms with E-state index in [1.165, 1.54) is 0 Å². The summed E-state index contributed by atoms with van der Waals surface area (Å²) in [5.41, 5.74) is 5.02. The van der Waals surface area contributed by atoms with E-state index in [1.807, 2.05) is 43.7 Å². The summed E-state index contributed by atoms with van der Waals surface area (Å²) < 4.78 is 1.78. The maximum Gasteiger partial charge on any atom is 0.0522 e. The summed E-state index contributed by atoms with van der Waals surface area (Å²) in [6.07, 6.45) is 4.61. The van der Waals surface area contributed by atoms with E-state index in [0.717, 1.165) is 17.5 Å². The van der Waals surface area contributed by atoms with Crippen molar-refractivity contribution >= 4 is 11.6 Å². The van der Waals surface area contributed by atoms with Gasteiger partial charge in [0.2, 0.25) is 0 Å². The number of halogens is 1. The largest absolute Gasteiger partial charge is 0.276 e. The van der Waals surface area contributed by atoms with Crippen molar-refractivity contribution in [1.29, 1.82) is 0 Å². The third-order valence-corrected chi connectivity index (χ3v) is 2.89. The fourth-order valence-corrected chi connectivity index (χ4v) is 2.01. The standard InChI is InChI=1S/C12H15ClN4/c1-17-8-9(7-15-17)5-12(16-14)10-3-2-4-11(13)6-10/h2-4,6-8,12,16H,5,14H2,1H3. The van der Waals surface area contributed by atoms with Gasteiger partial charge in [-0.3, -0.25) is 16.0 Å². The summed E-state index contributed by atoms with van der Waals surface area (Å²) in [5, 5.41) is 4.85. The molecule has 17 heavy (non-hydrogen) atoms. The monoisotopic (exact) mass is 250 g/mol. The van der Waals surface area contributed by atoms with Crippen LogP contribution in [0, 0.1) is 0 Å². The van der Waals surface area contributed by atoms with Gasteiger partial charge in [0.15, 0.2) is 0 Å². The van der Waals surface area contributed by atoms with E-state index < -0.39 is 0 Å². The van der Waals surface area contributed by atoms with Gasteiger partial charge < -0.3 is 0 Å². The van der Waals surface area contributed by atoms with Gasteiger partial charge in [-0.2, -0.15) is 5.10 Å². The minimum atomic E-state index is 0.0397. The van der Waals surface area contributed by atoms with Crippen molar-refractivity contribution in [3.05, 3.63) is 52.8 Å². The van der Waals surface area contributed by atoms with E-state index in [0.29, 0.717) is 5.02 Å². The highest BCUT2D eigenvalue weighted by Gasteiger charge is 2.11. The van der Waals surface area contributed by atoms with Crippen molar-refractivity contribution in [2.75, 3.05) is 0 Å². The first kappa shape index (κ1) is 12.1. The number of nitrogens with zero attached hydrogens (tertiary/aromatic N) is 2. The maximum atomic E-state index is 5.97. The van der Waals surface area contributed by atoms with Crippen LogP contribution in [0.3, 0.4) is 0 Å². The smallest absolute Gasteiger partial charge is 0.0522 e. The number of benzene rings is 1.